The zero-order valence-electron chi connectivity index (χ0n) is 24.7. The summed E-state index contributed by atoms with van der Waals surface area (Å²) in [5.74, 6) is -1.90. The summed E-state index contributed by atoms with van der Waals surface area (Å²) in [7, 11) is -0.129. The highest BCUT2D eigenvalue weighted by molar-refractivity contribution is 7.91. The normalized spacial score (nSPS) is 22.1. The topological polar surface area (TPSA) is 133 Å². The first-order valence-electron chi connectivity index (χ1n) is 14.7. The number of anilines is 1. The number of nitrogens with one attached hydrogen (secondary N) is 2. The van der Waals surface area contributed by atoms with Gasteiger partial charge in [-0.05, 0) is 69.9 Å². The van der Waals surface area contributed by atoms with E-state index in [4.69, 9.17) is 16.3 Å². The second-order valence-corrected chi connectivity index (χ2v) is 14.6. The van der Waals surface area contributed by atoms with Crippen LogP contribution in [0.4, 0.5) is 14.6 Å². The fraction of sp³-hybridized carbons (Fsp3) is 0.433. The molecule has 4 heterocycles. The van der Waals surface area contributed by atoms with Gasteiger partial charge in [-0.3, -0.25) is 4.98 Å². The van der Waals surface area contributed by atoms with Crippen molar-refractivity contribution in [1.29, 1.82) is 0 Å². The van der Waals surface area contributed by atoms with E-state index in [-0.39, 0.29) is 68.7 Å². The Morgan fingerprint density at radius 3 is 2.67 bits per heavy atom. The van der Waals surface area contributed by atoms with Gasteiger partial charge in [-0.2, -0.15) is 23.1 Å². The maximum absolute atomic E-state index is 16.7. The quantitative estimate of drug-likeness (QED) is 0.270. The molecular weight excluding hydrogens is 628 g/mol. The van der Waals surface area contributed by atoms with E-state index in [2.05, 4.69) is 29.9 Å². The second kappa shape index (κ2) is 10.8. The molecule has 2 aromatic heterocycles. The van der Waals surface area contributed by atoms with Crippen LogP contribution >= 0.6 is 11.6 Å². The highest BCUT2D eigenvalue weighted by atomic mass is 35.5. The van der Waals surface area contributed by atoms with Crippen molar-refractivity contribution in [2.45, 2.75) is 31.2 Å². The molecule has 11 nitrogen and oxygen atoms in total. The van der Waals surface area contributed by atoms with Gasteiger partial charge in [0.2, 0.25) is 0 Å². The molecule has 1 spiro atoms. The second-order valence-electron chi connectivity index (χ2n) is 12.6. The molecule has 2 saturated heterocycles. The number of benzene rings is 2. The van der Waals surface area contributed by atoms with Crippen LogP contribution in [-0.4, -0.2) is 85.8 Å². The van der Waals surface area contributed by atoms with E-state index in [1.807, 2.05) is 14.1 Å². The number of pyridine rings is 1. The van der Waals surface area contributed by atoms with Crippen molar-refractivity contribution < 1.29 is 27.0 Å². The smallest absolute Gasteiger partial charge is 0.319 e. The van der Waals surface area contributed by atoms with Crippen molar-refractivity contribution >= 4 is 49.3 Å². The van der Waals surface area contributed by atoms with Crippen molar-refractivity contribution in [3.05, 3.63) is 47.1 Å². The van der Waals surface area contributed by atoms with E-state index in [1.165, 1.54) is 28.7 Å². The number of nitrogens with zero attached hydrogens (tertiary/aromatic N) is 5. The number of piperidine rings is 1. The monoisotopic (exact) mass is 659 g/mol. The van der Waals surface area contributed by atoms with Gasteiger partial charge in [0.05, 0.1) is 22.6 Å². The summed E-state index contributed by atoms with van der Waals surface area (Å²) >= 11 is 6.34. The molecule has 3 aliphatic rings. The molecule has 0 radical (unpaired) electrons. The van der Waals surface area contributed by atoms with Gasteiger partial charge < -0.3 is 20.1 Å². The first-order valence-corrected chi connectivity index (χ1v) is 16.5. The average molecular weight is 660 g/mol. The first kappa shape index (κ1) is 30.2. The van der Waals surface area contributed by atoms with Gasteiger partial charge in [-0.1, -0.05) is 17.7 Å². The Balaban J connectivity index is 1.44. The molecule has 15 heteroatoms. The maximum Gasteiger partial charge on any atom is 0.319 e. The highest BCUT2D eigenvalue weighted by Crippen LogP contribution is 2.47. The van der Waals surface area contributed by atoms with Gasteiger partial charge >= 0.3 is 16.2 Å². The maximum atomic E-state index is 16.7. The van der Waals surface area contributed by atoms with Crippen LogP contribution in [0.25, 0.3) is 32.9 Å². The number of ether oxygens (including phenoxy) is 1. The number of halogens is 3. The SMILES string of the molecule is CN(C)CC1(COc2nc(N3C4(CCCNC4)CNS3(=O)=O)c3cnc(-c4cc(O)cc5ccc(F)c(Cl)c45)c(F)c3n2)CC1. The molecule has 1 atom stereocenters. The van der Waals surface area contributed by atoms with E-state index in [0.29, 0.717) is 18.4 Å². The van der Waals surface area contributed by atoms with E-state index in [1.54, 1.807) is 0 Å². The minimum absolute atomic E-state index is 0.0443. The number of aromatic nitrogens is 3. The van der Waals surface area contributed by atoms with Crippen molar-refractivity contribution in [2.75, 3.05) is 51.2 Å². The van der Waals surface area contributed by atoms with Crippen molar-refractivity contribution in [2.24, 2.45) is 5.41 Å². The summed E-state index contributed by atoms with van der Waals surface area (Å²) in [6.07, 6.45) is 4.45. The first-order chi connectivity index (χ1) is 21.4. The van der Waals surface area contributed by atoms with Crippen LogP contribution < -0.4 is 19.1 Å². The van der Waals surface area contributed by atoms with Gasteiger partial charge in [-0.25, -0.2) is 13.1 Å². The molecule has 3 fully saturated rings. The fourth-order valence-electron chi connectivity index (χ4n) is 6.64. The van der Waals surface area contributed by atoms with Crippen LogP contribution in [0.5, 0.6) is 11.8 Å². The lowest BCUT2D eigenvalue weighted by Crippen LogP contribution is -2.57. The Hall–Kier alpha value is -3.43. The predicted octanol–water partition coefficient (Wildman–Crippen LogP) is 3.98. The molecule has 2 aromatic carbocycles. The van der Waals surface area contributed by atoms with Gasteiger partial charge in [0, 0.05) is 42.2 Å². The lowest BCUT2D eigenvalue weighted by molar-refractivity contribution is 0.183. The van der Waals surface area contributed by atoms with Gasteiger partial charge in [-0.15, -0.1) is 0 Å². The van der Waals surface area contributed by atoms with Crippen molar-refractivity contribution in [3.8, 4) is 23.0 Å². The summed E-state index contributed by atoms with van der Waals surface area (Å²) in [5, 5.41) is 14.1. The largest absolute Gasteiger partial charge is 0.508 e. The van der Waals surface area contributed by atoms with Gasteiger partial charge in [0.25, 0.3) is 0 Å². The minimum Gasteiger partial charge on any atom is -0.508 e. The van der Waals surface area contributed by atoms with Crippen molar-refractivity contribution in [3.63, 3.8) is 0 Å². The van der Waals surface area contributed by atoms with Crippen molar-refractivity contribution in [1.82, 2.24) is 29.9 Å². The molecule has 2 aliphatic heterocycles. The molecule has 4 aromatic rings. The molecule has 238 valence electrons. The fourth-order valence-corrected chi connectivity index (χ4v) is 8.59. The lowest BCUT2D eigenvalue weighted by Gasteiger charge is -2.39. The zero-order valence-corrected chi connectivity index (χ0v) is 26.3. The molecule has 1 aliphatic carbocycles. The Morgan fingerprint density at radius 2 is 1.96 bits per heavy atom. The van der Waals surface area contributed by atoms with Gasteiger partial charge in [0.1, 0.15) is 22.8 Å². The molecular formula is C30H32ClF2N7O4S. The highest BCUT2D eigenvalue weighted by Gasteiger charge is 2.52. The Kier molecular flexibility index (Phi) is 7.28. The molecule has 1 saturated carbocycles. The van der Waals surface area contributed by atoms with E-state index < -0.39 is 27.4 Å². The number of rotatable bonds is 7. The molecule has 0 bridgehead atoms. The number of hydrogen-bond donors (Lipinski definition) is 3. The van der Waals surface area contributed by atoms with Crippen LogP contribution in [0.2, 0.25) is 5.02 Å². The summed E-state index contributed by atoms with van der Waals surface area (Å²) < 4.78 is 68.4. The molecule has 1 unspecified atom stereocenters. The van der Waals surface area contributed by atoms with E-state index in [0.717, 1.165) is 38.4 Å². The zero-order chi connectivity index (χ0) is 31.7. The predicted molar refractivity (Wildman–Crippen MR) is 167 cm³/mol. The number of phenolic OH excluding ortho intramolecular Hbond substituents is 1. The Bertz CT molecular complexity index is 1950. The van der Waals surface area contributed by atoms with Crippen LogP contribution in [0.15, 0.2) is 30.5 Å². The molecule has 3 N–H and O–H groups in total. The van der Waals surface area contributed by atoms with Crippen LogP contribution in [0.3, 0.4) is 0 Å². The summed E-state index contributed by atoms with van der Waals surface area (Å²) in [4.78, 5) is 15.4. The van der Waals surface area contributed by atoms with Crippen LogP contribution in [-0.2, 0) is 10.2 Å². The van der Waals surface area contributed by atoms with Gasteiger partial charge in [0.15, 0.2) is 11.6 Å². The number of aromatic hydroxyl groups is 1. The third kappa shape index (κ3) is 5.22. The number of phenols is 1. The van der Waals surface area contributed by atoms with E-state index in [9.17, 15) is 17.9 Å². The summed E-state index contributed by atoms with van der Waals surface area (Å²) in [5.41, 5.74) is -1.44. The van der Waals surface area contributed by atoms with Crippen LogP contribution in [0, 0.1) is 17.0 Å². The summed E-state index contributed by atoms with van der Waals surface area (Å²) in [6, 6.07) is 5.05. The van der Waals surface area contributed by atoms with E-state index >= 15 is 4.39 Å². The summed E-state index contributed by atoms with van der Waals surface area (Å²) in [6.45, 7) is 2.28. The van der Waals surface area contributed by atoms with Crippen LogP contribution in [0.1, 0.15) is 25.7 Å². The lowest BCUT2D eigenvalue weighted by atomic mass is 9.90. The average Bonchev–Trinajstić information content (AvgIpc) is 3.71. The number of fused-ring (bicyclic) bond motifs is 2. The minimum atomic E-state index is -4.07. The Morgan fingerprint density at radius 1 is 1.16 bits per heavy atom. The molecule has 7 rings (SSSR count). The third-order valence-electron chi connectivity index (χ3n) is 8.90. The molecule has 0 amide bonds. The molecule has 45 heavy (non-hydrogen) atoms. The standard InChI is InChI=1S/C30H32ClF2N7O4S/c1-39(2)15-29(7-8-29)16-44-28-37-26-20(27(38-28)40-30(6-3-9-34-13-30)14-36-45(40,42)43)12-35-25(24(26)33)19-11-18(41)10-17-4-5-21(32)23(31)22(17)19/h4-5,10-12,34,36,41H,3,6-9,13-16H2,1-2H3. The number of hydrogen-bond acceptors (Lipinski definition) is 9. The Labute approximate surface area is 263 Å². The third-order valence-corrected chi connectivity index (χ3v) is 10.8.